The minimum absolute atomic E-state index is 0.186. The number of thioether (sulfide) groups is 1. The topological polar surface area (TPSA) is 51.2 Å². The molecule has 3 rings (SSSR count). The van der Waals surface area contributed by atoms with E-state index in [0.717, 1.165) is 21.5 Å². The number of para-hydroxylation sites is 2. The molecule has 1 atom stereocenters. The molecule has 0 saturated heterocycles. The van der Waals surface area contributed by atoms with Crippen LogP contribution in [0.25, 0.3) is 10.9 Å². The molecule has 0 aliphatic heterocycles. The van der Waals surface area contributed by atoms with Gasteiger partial charge in [0.1, 0.15) is 17.1 Å². The summed E-state index contributed by atoms with van der Waals surface area (Å²) in [7, 11) is 1.61. The molecule has 1 aromatic heterocycles. The highest BCUT2D eigenvalue weighted by Gasteiger charge is 2.20. The van der Waals surface area contributed by atoms with E-state index in [4.69, 9.17) is 4.74 Å². The van der Waals surface area contributed by atoms with Crippen molar-refractivity contribution in [3.63, 3.8) is 0 Å². The van der Waals surface area contributed by atoms with Crippen molar-refractivity contribution >= 4 is 34.3 Å². The molecule has 0 saturated carbocycles. The molecule has 0 aliphatic rings. The van der Waals surface area contributed by atoms with Crippen molar-refractivity contribution < 1.29 is 13.9 Å². The maximum atomic E-state index is 13.8. The highest BCUT2D eigenvalue weighted by Crippen LogP contribution is 2.32. The first-order chi connectivity index (χ1) is 13.0. The van der Waals surface area contributed by atoms with E-state index in [0.29, 0.717) is 12.2 Å². The Morgan fingerprint density at radius 2 is 2.04 bits per heavy atom. The van der Waals surface area contributed by atoms with Gasteiger partial charge >= 0.3 is 0 Å². The summed E-state index contributed by atoms with van der Waals surface area (Å²) in [4.78, 5) is 17.3. The molecule has 1 heterocycles. The van der Waals surface area contributed by atoms with Gasteiger partial charge in [-0.25, -0.2) is 9.37 Å². The van der Waals surface area contributed by atoms with Crippen LogP contribution >= 0.6 is 11.8 Å². The summed E-state index contributed by atoms with van der Waals surface area (Å²) in [6.07, 6.45) is 0.593. The van der Waals surface area contributed by atoms with E-state index in [1.165, 1.54) is 17.8 Å². The minimum Gasteiger partial charge on any atom is -0.494 e. The lowest BCUT2D eigenvalue weighted by Gasteiger charge is -2.16. The number of aryl methyl sites for hydroxylation is 1. The van der Waals surface area contributed by atoms with Crippen LogP contribution in [0.2, 0.25) is 0 Å². The fourth-order valence-corrected chi connectivity index (χ4v) is 3.84. The number of aromatic nitrogens is 1. The predicted octanol–water partition coefficient (Wildman–Crippen LogP) is 5.20. The SMILES string of the molecule is CCC(Sc1cc(C)c2cccc(OC)c2n1)C(=O)Nc1ccccc1F. The highest BCUT2D eigenvalue weighted by molar-refractivity contribution is 8.00. The Morgan fingerprint density at radius 1 is 1.26 bits per heavy atom. The van der Waals surface area contributed by atoms with Gasteiger partial charge in [0, 0.05) is 5.39 Å². The molecule has 0 bridgehead atoms. The Bertz CT molecular complexity index is 978. The number of nitrogens with zero attached hydrogens (tertiary/aromatic N) is 1. The van der Waals surface area contributed by atoms with Crippen LogP contribution in [0.3, 0.4) is 0 Å². The van der Waals surface area contributed by atoms with Crippen LogP contribution in [-0.4, -0.2) is 23.3 Å². The van der Waals surface area contributed by atoms with Gasteiger partial charge in [-0.2, -0.15) is 0 Å². The van der Waals surface area contributed by atoms with Gasteiger partial charge in [0.25, 0.3) is 0 Å². The third-order valence-electron chi connectivity index (χ3n) is 4.26. The second kappa shape index (κ2) is 8.39. The average Bonchev–Trinajstić information content (AvgIpc) is 2.67. The number of benzene rings is 2. The number of methoxy groups -OCH3 is 1. The first-order valence-electron chi connectivity index (χ1n) is 8.70. The summed E-state index contributed by atoms with van der Waals surface area (Å²) >= 11 is 1.37. The van der Waals surface area contributed by atoms with E-state index in [9.17, 15) is 9.18 Å². The molecule has 140 valence electrons. The lowest BCUT2D eigenvalue weighted by Crippen LogP contribution is -2.25. The van der Waals surface area contributed by atoms with Crippen LogP contribution in [0.4, 0.5) is 10.1 Å². The van der Waals surface area contributed by atoms with Gasteiger partial charge in [0.2, 0.25) is 5.91 Å². The van der Waals surface area contributed by atoms with E-state index < -0.39 is 5.82 Å². The number of nitrogens with one attached hydrogen (secondary N) is 1. The van der Waals surface area contributed by atoms with Crippen molar-refractivity contribution in [2.75, 3.05) is 12.4 Å². The number of anilines is 1. The molecule has 6 heteroatoms. The summed E-state index contributed by atoms with van der Waals surface area (Å²) in [5, 5.41) is 4.04. The average molecular weight is 384 g/mol. The van der Waals surface area contributed by atoms with Gasteiger partial charge in [-0.05, 0) is 43.2 Å². The first-order valence-corrected chi connectivity index (χ1v) is 9.57. The van der Waals surface area contributed by atoms with Gasteiger partial charge in [0.15, 0.2) is 0 Å². The van der Waals surface area contributed by atoms with Gasteiger partial charge < -0.3 is 10.1 Å². The zero-order valence-corrected chi connectivity index (χ0v) is 16.3. The van der Waals surface area contributed by atoms with Gasteiger partial charge in [-0.15, -0.1) is 0 Å². The number of hydrogen-bond donors (Lipinski definition) is 1. The lowest BCUT2D eigenvalue weighted by atomic mass is 10.1. The molecule has 0 spiro atoms. The number of amides is 1. The van der Waals surface area contributed by atoms with E-state index in [2.05, 4.69) is 10.3 Å². The number of ether oxygens (including phenoxy) is 1. The van der Waals surface area contributed by atoms with Crippen LogP contribution in [0.1, 0.15) is 18.9 Å². The van der Waals surface area contributed by atoms with E-state index in [-0.39, 0.29) is 16.8 Å². The zero-order chi connectivity index (χ0) is 19.4. The Morgan fingerprint density at radius 3 is 2.74 bits per heavy atom. The summed E-state index contributed by atoms with van der Waals surface area (Å²) in [5.41, 5.74) is 2.02. The molecule has 27 heavy (non-hydrogen) atoms. The van der Waals surface area contributed by atoms with Crippen molar-refractivity contribution in [3.05, 3.63) is 59.9 Å². The Kier molecular flexibility index (Phi) is 5.96. The number of halogens is 1. The molecule has 4 nitrogen and oxygen atoms in total. The summed E-state index contributed by atoms with van der Waals surface area (Å²) in [6, 6.07) is 13.9. The zero-order valence-electron chi connectivity index (χ0n) is 15.5. The molecule has 1 unspecified atom stereocenters. The predicted molar refractivity (Wildman–Crippen MR) is 108 cm³/mol. The van der Waals surface area contributed by atoms with Crippen LogP contribution in [0, 0.1) is 12.7 Å². The number of carbonyl (C=O) groups excluding carboxylic acids is 1. The Hall–Kier alpha value is -2.60. The highest BCUT2D eigenvalue weighted by atomic mass is 32.2. The Balaban J connectivity index is 1.86. The van der Waals surface area contributed by atoms with Gasteiger partial charge in [0.05, 0.1) is 23.1 Å². The first kappa shape index (κ1) is 19.2. The van der Waals surface area contributed by atoms with E-state index in [1.54, 1.807) is 25.3 Å². The van der Waals surface area contributed by atoms with Crippen molar-refractivity contribution in [2.24, 2.45) is 0 Å². The smallest absolute Gasteiger partial charge is 0.237 e. The fraction of sp³-hybridized carbons (Fsp3) is 0.238. The number of pyridine rings is 1. The fourth-order valence-electron chi connectivity index (χ4n) is 2.83. The number of fused-ring (bicyclic) bond motifs is 1. The largest absolute Gasteiger partial charge is 0.494 e. The quantitative estimate of drug-likeness (QED) is 0.594. The molecule has 1 N–H and O–H groups in total. The second-order valence-electron chi connectivity index (χ2n) is 6.12. The van der Waals surface area contributed by atoms with Crippen LogP contribution in [0.5, 0.6) is 5.75 Å². The summed E-state index contributed by atoms with van der Waals surface area (Å²) in [6.45, 7) is 3.93. The van der Waals surface area contributed by atoms with Crippen LogP contribution in [-0.2, 0) is 4.79 Å². The van der Waals surface area contributed by atoms with Gasteiger partial charge in [-0.3, -0.25) is 4.79 Å². The third kappa shape index (κ3) is 4.22. The third-order valence-corrected chi connectivity index (χ3v) is 5.55. The van der Waals surface area contributed by atoms with Crippen LogP contribution < -0.4 is 10.1 Å². The summed E-state index contributed by atoms with van der Waals surface area (Å²) < 4.78 is 19.2. The molecule has 2 aromatic carbocycles. The minimum atomic E-state index is -0.449. The van der Waals surface area contributed by atoms with E-state index >= 15 is 0 Å². The molecule has 0 radical (unpaired) electrons. The maximum Gasteiger partial charge on any atom is 0.237 e. The van der Waals surface area contributed by atoms with E-state index in [1.807, 2.05) is 38.1 Å². The number of carbonyl (C=O) groups is 1. The maximum absolute atomic E-state index is 13.8. The Labute approximate surface area is 162 Å². The molecule has 0 fully saturated rings. The van der Waals surface area contributed by atoms with Crippen molar-refractivity contribution in [1.29, 1.82) is 0 Å². The number of rotatable bonds is 6. The monoisotopic (exact) mass is 384 g/mol. The molecular weight excluding hydrogens is 363 g/mol. The second-order valence-corrected chi connectivity index (χ2v) is 7.34. The normalized spacial score (nSPS) is 12.0. The molecular formula is C21H21FN2O2S. The van der Waals surface area contributed by atoms with Crippen molar-refractivity contribution in [1.82, 2.24) is 4.98 Å². The lowest BCUT2D eigenvalue weighted by molar-refractivity contribution is -0.115. The number of hydrogen-bond acceptors (Lipinski definition) is 4. The van der Waals surface area contributed by atoms with Crippen molar-refractivity contribution in [2.45, 2.75) is 30.5 Å². The standard InChI is InChI=1S/C21H21FN2O2S/c1-4-18(21(25)23-16-10-6-5-9-15(16)22)27-19-12-13(2)14-8-7-11-17(26-3)20(14)24-19/h5-12,18H,4H2,1-3H3,(H,23,25). The van der Waals surface area contributed by atoms with Gasteiger partial charge in [-0.1, -0.05) is 43.0 Å². The molecule has 1 amide bonds. The molecule has 0 aliphatic carbocycles. The van der Waals surface area contributed by atoms with Crippen molar-refractivity contribution in [3.8, 4) is 5.75 Å². The summed E-state index contributed by atoms with van der Waals surface area (Å²) in [5.74, 6) is 0.00389. The van der Waals surface area contributed by atoms with Crippen LogP contribution in [0.15, 0.2) is 53.6 Å². The molecule has 3 aromatic rings.